The summed E-state index contributed by atoms with van der Waals surface area (Å²) >= 11 is 0. The molecular formula is C10H13NO4. The number of carboxylic acid groups (broad SMARTS) is 1. The van der Waals surface area contributed by atoms with Gasteiger partial charge in [-0.05, 0) is 6.92 Å². The van der Waals surface area contributed by atoms with E-state index >= 15 is 0 Å². The van der Waals surface area contributed by atoms with Crippen LogP contribution in [-0.2, 0) is 0 Å². The zero-order valence-corrected chi connectivity index (χ0v) is 8.83. The van der Waals surface area contributed by atoms with E-state index in [4.69, 9.17) is 14.6 Å². The quantitative estimate of drug-likeness (QED) is 0.803. The molecule has 0 heterocycles. The van der Waals surface area contributed by atoms with Gasteiger partial charge in [-0.25, -0.2) is 4.79 Å². The molecule has 0 bridgehead atoms. The Morgan fingerprint density at radius 3 is 2.47 bits per heavy atom. The molecule has 0 aliphatic carbocycles. The summed E-state index contributed by atoms with van der Waals surface area (Å²) in [5.74, 6) is 1.12. The molecule has 1 aromatic rings. The molecule has 1 rings (SSSR count). The van der Waals surface area contributed by atoms with Gasteiger partial charge in [0.15, 0.2) is 0 Å². The standard InChI is InChI=1S/C10H13NO4/c1-6-8(11-10(12)13)4-7(14-2)5-9(6)15-3/h4-5,11H,1-3H3,(H,12,13). The van der Waals surface area contributed by atoms with E-state index in [1.54, 1.807) is 19.1 Å². The van der Waals surface area contributed by atoms with Crippen molar-refractivity contribution in [1.29, 1.82) is 0 Å². The van der Waals surface area contributed by atoms with Crippen LogP contribution in [0, 0.1) is 6.92 Å². The maximum Gasteiger partial charge on any atom is 0.409 e. The molecule has 0 spiro atoms. The third-order valence-corrected chi connectivity index (χ3v) is 2.03. The highest BCUT2D eigenvalue weighted by atomic mass is 16.5. The molecule has 0 fully saturated rings. The Kier molecular flexibility index (Phi) is 3.38. The predicted molar refractivity (Wildman–Crippen MR) is 55.9 cm³/mol. The summed E-state index contributed by atoms with van der Waals surface area (Å²) in [6.07, 6.45) is -1.12. The second-order valence-corrected chi connectivity index (χ2v) is 2.93. The molecule has 1 aromatic carbocycles. The average molecular weight is 211 g/mol. The van der Waals surface area contributed by atoms with Gasteiger partial charge in [0, 0.05) is 17.7 Å². The molecule has 2 N–H and O–H groups in total. The lowest BCUT2D eigenvalue weighted by atomic mass is 10.1. The van der Waals surface area contributed by atoms with E-state index < -0.39 is 6.09 Å². The first-order chi connectivity index (χ1) is 7.08. The third kappa shape index (κ3) is 2.52. The Morgan fingerprint density at radius 2 is 2.00 bits per heavy atom. The molecule has 0 atom stereocenters. The number of carbonyl (C=O) groups is 1. The van der Waals surface area contributed by atoms with Crippen LogP contribution >= 0.6 is 0 Å². The van der Waals surface area contributed by atoms with Crippen LogP contribution in [0.3, 0.4) is 0 Å². The van der Waals surface area contributed by atoms with Gasteiger partial charge in [-0.15, -0.1) is 0 Å². The molecule has 0 aromatic heterocycles. The summed E-state index contributed by atoms with van der Waals surface area (Å²) < 4.78 is 10.1. The maximum absolute atomic E-state index is 10.5. The molecule has 0 radical (unpaired) electrons. The minimum atomic E-state index is -1.12. The topological polar surface area (TPSA) is 67.8 Å². The summed E-state index contributed by atoms with van der Waals surface area (Å²) in [4.78, 5) is 10.5. The van der Waals surface area contributed by atoms with Crippen molar-refractivity contribution in [3.05, 3.63) is 17.7 Å². The molecule has 0 unspecified atom stereocenters. The van der Waals surface area contributed by atoms with Crippen LogP contribution in [0.15, 0.2) is 12.1 Å². The van der Waals surface area contributed by atoms with Gasteiger partial charge in [0.05, 0.1) is 19.9 Å². The van der Waals surface area contributed by atoms with Crippen LogP contribution in [0.5, 0.6) is 11.5 Å². The van der Waals surface area contributed by atoms with E-state index in [9.17, 15) is 4.79 Å². The van der Waals surface area contributed by atoms with E-state index in [0.717, 1.165) is 5.56 Å². The molecule has 82 valence electrons. The number of rotatable bonds is 3. The number of benzene rings is 1. The fraction of sp³-hybridized carbons (Fsp3) is 0.300. The first-order valence-electron chi connectivity index (χ1n) is 4.31. The van der Waals surface area contributed by atoms with E-state index in [2.05, 4.69) is 5.32 Å². The summed E-state index contributed by atoms with van der Waals surface area (Å²) in [6, 6.07) is 3.30. The number of hydrogen-bond acceptors (Lipinski definition) is 3. The van der Waals surface area contributed by atoms with Crippen molar-refractivity contribution >= 4 is 11.8 Å². The SMILES string of the molecule is COc1cc(NC(=O)O)c(C)c(OC)c1. The van der Waals surface area contributed by atoms with Gasteiger partial charge in [-0.1, -0.05) is 0 Å². The Morgan fingerprint density at radius 1 is 1.33 bits per heavy atom. The number of hydrogen-bond donors (Lipinski definition) is 2. The zero-order valence-electron chi connectivity index (χ0n) is 8.83. The number of anilines is 1. The summed E-state index contributed by atoms with van der Waals surface area (Å²) in [6.45, 7) is 1.77. The summed E-state index contributed by atoms with van der Waals surface area (Å²) in [5.41, 5.74) is 1.18. The highest BCUT2D eigenvalue weighted by Gasteiger charge is 2.09. The van der Waals surface area contributed by atoms with E-state index in [-0.39, 0.29) is 0 Å². The lowest BCUT2D eigenvalue weighted by Crippen LogP contribution is -2.09. The lowest BCUT2D eigenvalue weighted by Gasteiger charge is -2.12. The molecule has 0 saturated carbocycles. The Balaban J connectivity index is 3.17. The molecule has 0 saturated heterocycles. The molecule has 15 heavy (non-hydrogen) atoms. The largest absolute Gasteiger partial charge is 0.497 e. The molecule has 0 aliphatic rings. The summed E-state index contributed by atoms with van der Waals surface area (Å²) in [5, 5.41) is 10.9. The fourth-order valence-electron chi connectivity index (χ4n) is 1.24. The molecule has 5 heteroatoms. The Bertz CT molecular complexity index is 376. The molecule has 1 amide bonds. The molecule has 0 aliphatic heterocycles. The highest BCUT2D eigenvalue weighted by molar-refractivity contribution is 5.85. The first-order valence-corrected chi connectivity index (χ1v) is 4.31. The normalized spacial score (nSPS) is 9.53. The van der Waals surface area contributed by atoms with Gasteiger partial charge in [-0.3, -0.25) is 5.32 Å². The number of nitrogens with one attached hydrogen (secondary N) is 1. The number of methoxy groups -OCH3 is 2. The van der Waals surface area contributed by atoms with Crippen LogP contribution < -0.4 is 14.8 Å². The van der Waals surface area contributed by atoms with Gasteiger partial charge in [0.25, 0.3) is 0 Å². The minimum absolute atomic E-state index is 0.457. The Hall–Kier alpha value is -1.91. The van der Waals surface area contributed by atoms with Gasteiger partial charge in [-0.2, -0.15) is 0 Å². The minimum Gasteiger partial charge on any atom is -0.497 e. The van der Waals surface area contributed by atoms with Crippen molar-refractivity contribution in [2.75, 3.05) is 19.5 Å². The molecule has 5 nitrogen and oxygen atoms in total. The van der Waals surface area contributed by atoms with Crippen molar-refractivity contribution in [2.45, 2.75) is 6.92 Å². The Labute approximate surface area is 87.6 Å². The number of amides is 1. The second-order valence-electron chi connectivity index (χ2n) is 2.93. The van der Waals surface area contributed by atoms with Gasteiger partial charge in [0.2, 0.25) is 0 Å². The monoisotopic (exact) mass is 211 g/mol. The summed E-state index contributed by atoms with van der Waals surface area (Å²) in [7, 11) is 3.03. The van der Waals surface area contributed by atoms with Crippen molar-refractivity contribution < 1.29 is 19.4 Å². The van der Waals surface area contributed by atoms with E-state index in [0.29, 0.717) is 17.2 Å². The van der Waals surface area contributed by atoms with Crippen molar-refractivity contribution in [3.8, 4) is 11.5 Å². The maximum atomic E-state index is 10.5. The smallest absolute Gasteiger partial charge is 0.409 e. The zero-order chi connectivity index (χ0) is 11.4. The third-order valence-electron chi connectivity index (χ3n) is 2.03. The predicted octanol–water partition coefficient (Wildman–Crippen LogP) is 2.10. The van der Waals surface area contributed by atoms with Crippen LogP contribution in [0.4, 0.5) is 10.5 Å². The van der Waals surface area contributed by atoms with Crippen molar-refractivity contribution in [1.82, 2.24) is 0 Å². The number of ether oxygens (including phenoxy) is 2. The van der Waals surface area contributed by atoms with Gasteiger partial charge < -0.3 is 14.6 Å². The van der Waals surface area contributed by atoms with E-state index in [1.165, 1.54) is 14.2 Å². The van der Waals surface area contributed by atoms with Gasteiger partial charge in [0.1, 0.15) is 11.5 Å². The lowest BCUT2D eigenvalue weighted by molar-refractivity contribution is 0.209. The average Bonchev–Trinajstić information content (AvgIpc) is 2.20. The van der Waals surface area contributed by atoms with Crippen LogP contribution in [0.1, 0.15) is 5.56 Å². The fourth-order valence-corrected chi connectivity index (χ4v) is 1.24. The van der Waals surface area contributed by atoms with Crippen LogP contribution in [0.25, 0.3) is 0 Å². The molecular weight excluding hydrogens is 198 g/mol. The van der Waals surface area contributed by atoms with Gasteiger partial charge >= 0.3 is 6.09 Å². The van der Waals surface area contributed by atoms with E-state index in [1.807, 2.05) is 0 Å². The first kappa shape index (κ1) is 11.2. The highest BCUT2D eigenvalue weighted by Crippen LogP contribution is 2.31. The second kappa shape index (κ2) is 4.54. The van der Waals surface area contributed by atoms with Crippen LogP contribution in [0.2, 0.25) is 0 Å². The van der Waals surface area contributed by atoms with Crippen molar-refractivity contribution in [3.63, 3.8) is 0 Å². The van der Waals surface area contributed by atoms with Crippen molar-refractivity contribution in [2.24, 2.45) is 0 Å². The van der Waals surface area contributed by atoms with Crippen LogP contribution in [-0.4, -0.2) is 25.4 Å².